The van der Waals surface area contributed by atoms with E-state index in [1.54, 1.807) is 11.0 Å². The van der Waals surface area contributed by atoms with E-state index in [2.05, 4.69) is 28.1 Å². The molecule has 0 N–H and O–H groups in total. The summed E-state index contributed by atoms with van der Waals surface area (Å²) in [7, 11) is 0. The van der Waals surface area contributed by atoms with Gasteiger partial charge < -0.3 is 4.74 Å². The Hall–Kier alpha value is -2.35. The summed E-state index contributed by atoms with van der Waals surface area (Å²) in [4.78, 5) is 22.2. The number of carbonyl (C=O) groups excluding carboxylic acids is 1. The van der Waals surface area contributed by atoms with Crippen LogP contribution in [0, 0.1) is 19.7 Å². The topological polar surface area (TPSA) is 45.7 Å². The summed E-state index contributed by atoms with van der Waals surface area (Å²) in [5, 5.41) is 0.637. The molecular formula is C24H28FN3O2S. The van der Waals surface area contributed by atoms with Crippen LogP contribution in [0.15, 0.2) is 36.4 Å². The van der Waals surface area contributed by atoms with Crippen LogP contribution in [0.5, 0.6) is 0 Å². The van der Waals surface area contributed by atoms with Crippen LogP contribution in [0.2, 0.25) is 0 Å². The molecule has 1 fully saturated rings. The molecule has 0 atom stereocenters. The normalized spacial score (nSPS) is 14.8. The molecule has 1 amide bonds. The summed E-state index contributed by atoms with van der Waals surface area (Å²) < 4.78 is 19.8. The van der Waals surface area contributed by atoms with Gasteiger partial charge in [-0.3, -0.25) is 14.6 Å². The van der Waals surface area contributed by atoms with E-state index >= 15 is 0 Å². The first kappa shape index (κ1) is 21.9. The van der Waals surface area contributed by atoms with Gasteiger partial charge in [0.2, 0.25) is 5.91 Å². The molecule has 1 aromatic heterocycles. The van der Waals surface area contributed by atoms with Crippen molar-refractivity contribution in [1.29, 1.82) is 0 Å². The zero-order valence-electron chi connectivity index (χ0n) is 18.1. The molecule has 5 nitrogen and oxygen atoms in total. The Bertz CT molecular complexity index is 1060. The second-order valence-electron chi connectivity index (χ2n) is 8.07. The molecule has 1 aliphatic rings. The predicted octanol–water partition coefficient (Wildman–Crippen LogP) is 4.35. The molecule has 2 heterocycles. The Morgan fingerprint density at radius 2 is 2.00 bits per heavy atom. The maximum Gasteiger partial charge on any atom is 0.233 e. The van der Waals surface area contributed by atoms with Crippen LogP contribution in [0.25, 0.3) is 10.2 Å². The number of carbonyl (C=O) groups is 1. The van der Waals surface area contributed by atoms with E-state index in [4.69, 9.17) is 4.74 Å². The average Bonchev–Trinajstić information content (AvgIpc) is 3.17. The lowest BCUT2D eigenvalue weighted by Gasteiger charge is -2.27. The minimum atomic E-state index is -0.289. The largest absolute Gasteiger partial charge is 0.379 e. The van der Waals surface area contributed by atoms with Crippen molar-refractivity contribution in [2.75, 3.05) is 44.3 Å². The first-order valence-electron chi connectivity index (χ1n) is 10.7. The van der Waals surface area contributed by atoms with Gasteiger partial charge in [0, 0.05) is 26.2 Å². The number of morpholine rings is 1. The summed E-state index contributed by atoms with van der Waals surface area (Å²) in [6.07, 6.45) is 1.18. The molecule has 31 heavy (non-hydrogen) atoms. The highest BCUT2D eigenvalue weighted by molar-refractivity contribution is 7.22. The number of anilines is 1. The zero-order chi connectivity index (χ0) is 21.8. The molecular weight excluding hydrogens is 413 g/mol. The molecule has 0 bridgehead atoms. The van der Waals surface area contributed by atoms with Gasteiger partial charge >= 0.3 is 0 Å². The molecule has 0 aliphatic carbocycles. The number of hydrogen-bond acceptors (Lipinski definition) is 5. The summed E-state index contributed by atoms with van der Waals surface area (Å²) in [6, 6.07) is 10.8. The Labute approximate surface area is 186 Å². The molecule has 1 aliphatic heterocycles. The van der Waals surface area contributed by atoms with Crippen LogP contribution in [0.4, 0.5) is 9.52 Å². The third kappa shape index (κ3) is 5.47. The van der Waals surface area contributed by atoms with Crippen LogP contribution < -0.4 is 4.90 Å². The van der Waals surface area contributed by atoms with Crippen molar-refractivity contribution in [1.82, 2.24) is 9.88 Å². The highest BCUT2D eigenvalue weighted by Crippen LogP contribution is 2.30. The molecule has 1 saturated heterocycles. The number of halogens is 1. The molecule has 3 aromatic rings. The molecule has 4 rings (SSSR count). The molecule has 0 saturated carbocycles. The van der Waals surface area contributed by atoms with E-state index in [-0.39, 0.29) is 11.7 Å². The fourth-order valence-electron chi connectivity index (χ4n) is 3.86. The lowest BCUT2D eigenvalue weighted by Crippen LogP contribution is -2.39. The standard InChI is InChI=1S/C24H28FN3O2S/c1-17-4-5-18(2)19(14-17)15-23(29)28(9-3-8-27-10-12-30-13-11-27)24-26-21-7-6-20(25)16-22(21)31-24/h4-7,14,16H,3,8-13,15H2,1-2H3. The molecule has 0 radical (unpaired) electrons. The summed E-state index contributed by atoms with van der Waals surface area (Å²) in [5.74, 6) is -0.265. The number of hydrogen-bond donors (Lipinski definition) is 0. The van der Waals surface area contributed by atoms with Crippen molar-refractivity contribution in [2.24, 2.45) is 0 Å². The van der Waals surface area contributed by atoms with E-state index in [1.165, 1.54) is 23.5 Å². The van der Waals surface area contributed by atoms with Crippen molar-refractivity contribution in [3.05, 3.63) is 58.9 Å². The van der Waals surface area contributed by atoms with Crippen LogP contribution in [-0.4, -0.2) is 55.2 Å². The molecule has 0 unspecified atom stereocenters. The highest BCUT2D eigenvalue weighted by atomic mass is 32.1. The van der Waals surface area contributed by atoms with E-state index in [0.29, 0.717) is 18.1 Å². The van der Waals surface area contributed by atoms with Crippen molar-refractivity contribution in [3.63, 3.8) is 0 Å². The average molecular weight is 442 g/mol. The van der Waals surface area contributed by atoms with Crippen LogP contribution in [-0.2, 0) is 16.0 Å². The maximum absolute atomic E-state index is 13.7. The van der Waals surface area contributed by atoms with E-state index < -0.39 is 0 Å². The van der Waals surface area contributed by atoms with Gasteiger partial charge in [-0.1, -0.05) is 35.1 Å². The zero-order valence-corrected chi connectivity index (χ0v) is 18.9. The number of thiazole rings is 1. The lowest BCUT2D eigenvalue weighted by molar-refractivity contribution is -0.118. The Kier molecular flexibility index (Phi) is 6.95. The SMILES string of the molecule is Cc1ccc(C)c(CC(=O)N(CCCN2CCOCC2)c2nc3ccc(F)cc3s2)c1. The first-order valence-corrected chi connectivity index (χ1v) is 11.5. The van der Waals surface area contributed by atoms with Gasteiger partial charge in [0.15, 0.2) is 5.13 Å². The molecule has 0 spiro atoms. The number of aryl methyl sites for hydroxylation is 2. The fourth-order valence-corrected chi connectivity index (χ4v) is 4.89. The van der Waals surface area contributed by atoms with Gasteiger partial charge in [-0.2, -0.15) is 0 Å². The van der Waals surface area contributed by atoms with Gasteiger partial charge in [0.25, 0.3) is 0 Å². The van der Waals surface area contributed by atoms with Gasteiger partial charge in [-0.05, 0) is 49.6 Å². The minimum Gasteiger partial charge on any atom is -0.379 e. The molecule has 2 aromatic carbocycles. The number of rotatable bonds is 7. The summed E-state index contributed by atoms with van der Waals surface area (Å²) in [5.41, 5.74) is 4.01. The number of fused-ring (bicyclic) bond motifs is 1. The molecule has 164 valence electrons. The van der Waals surface area contributed by atoms with Gasteiger partial charge in [-0.25, -0.2) is 9.37 Å². The van der Waals surface area contributed by atoms with Gasteiger partial charge in [0.05, 0.1) is 29.9 Å². The van der Waals surface area contributed by atoms with Gasteiger partial charge in [-0.15, -0.1) is 0 Å². The number of nitrogens with zero attached hydrogens (tertiary/aromatic N) is 3. The maximum atomic E-state index is 13.7. The summed E-state index contributed by atoms with van der Waals surface area (Å²) >= 11 is 1.37. The number of aromatic nitrogens is 1. The van der Waals surface area contributed by atoms with Crippen LogP contribution in [0.1, 0.15) is 23.1 Å². The fraction of sp³-hybridized carbons (Fsp3) is 0.417. The van der Waals surface area contributed by atoms with Gasteiger partial charge in [0.1, 0.15) is 5.82 Å². The third-order valence-electron chi connectivity index (χ3n) is 5.68. The Morgan fingerprint density at radius 3 is 2.81 bits per heavy atom. The monoisotopic (exact) mass is 441 g/mol. The van der Waals surface area contributed by atoms with E-state index in [9.17, 15) is 9.18 Å². The van der Waals surface area contributed by atoms with Crippen LogP contribution in [0.3, 0.4) is 0 Å². The number of benzene rings is 2. The minimum absolute atomic E-state index is 0.0233. The summed E-state index contributed by atoms with van der Waals surface area (Å²) in [6.45, 7) is 8.95. The van der Waals surface area contributed by atoms with E-state index in [1.807, 2.05) is 13.8 Å². The smallest absolute Gasteiger partial charge is 0.233 e. The highest BCUT2D eigenvalue weighted by Gasteiger charge is 2.21. The molecule has 7 heteroatoms. The number of amides is 1. The van der Waals surface area contributed by atoms with E-state index in [0.717, 1.165) is 66.2 Å². The second kappa shape index (κ2) is 9.85. The second-order valence-corrected chi connectivity index (χ2v) is 9.08. The predicted molar refractivity (Wildman–Crippen MR) is 123 cm³/mol. The number of ether oxygens (including phenoxy) is 1. The van der Waals surface area contributed by atoms with Crippen molar-refractivity contribution < 1.29 is 13.9 Å². The van der Waals surface area contributed by atoms with Crippen molar-refractivity contribution in [2.45, 2.75) is 26.7 Å². The van der Waals surface area contributed by atoms with Crippen molar-refractivity contribution in [3.8, 4) is 0 Å². The Balaban J connectivity index is 1.54. The Morgan fingerprint density at radius 1 is 1.19 bits per heavy atom. The lowest BCUT2D eigenvalue weighted by atomic mass is 10.0. The third-order valence-corrected chi connectivity index (χ3v) is 6.72. The first-order chi connectivity index (χ1) is 15.0. The van der Waals surface area contributed by atoms with Crippen molar-refractivity contribution >= 4 is 32.6 Å². The van der Waals surface area contributed by atoms with Crippen LogP contribution >= 0.6 is 11.3 Å². The quantitative estimate of drug-likeness (QED) is 0.547.